The van der Waals surface area contributed by atoms with Gasteiger partial charge in [-0.3, -0.25) is 0 Å². The van der Waals surface area contributed by atoms with Crippen molar-refractivity contribution in [2.75, 3.05) is 0 Å². The van der Waals surface area contributed by atoms with E-state index in [1.807, 2.05) is 4.72 Å². The quantitative estimate of drug-likeness (QED) is 0.516. The molecule has 0 atom stereocenters. The number of rotatable bonds is 5. The third-order valence-electron chi connectivity index (χ3n) is 3.32. The van der Waals surface area contributed by atoms with E-state index in [9.17, 15) is 13.2 Å². The van der Waals surface area contributed by atoms with Gasteiger partial charge in [-0.2, -0.15) is 13.1 Å². The van der Waals surface area contributed by atoms with Crippen LogP contribution in [0.15, 0.2) is 0 Å². The first-order chi connectivity index (χ1) is 9.67. The van der Waals surface area contributed by atoms with E-state index in [2.05, 4.69) is 4.72 Å². The van der Waals surface area contributed by atoms with Gasteiger partial charge in [-0.25, -0.2) is 9.52 Å². The zero-order chi connectivity index (χ0) is 16.1. The van der Waals surface area contributed by atoms with Gasteiger partial charge in [0.2, 0.25) is 0 Å². The Bertz CT molecular complexity index is 483. The lowest BCUT2D eigenvalue weighted by Crippen LogP contribution is -2.59. The molecule has 0 saturated heterocycles. The Morgan fingerprint density at radius 1 is 1.24 bits per heavy atom. The van der Waals surface area contributed by atoms with Crippen LogP contribution in [0.4, 0.5) is 4.79 Å². The molecule has 1 saturated carbocycles. The van der Waals surface area contributed by atoms with Crippen molar-refractivity contribution < 1.29 is 17.9 Å². The number of hydrogen-bond donors (Lipinski definition) is 3. The molecule has 122 valence electrons. The second kappa shape index (κ2) is 7.37. The van der Waals surface area contributed by atoms with Gasteiger partial charge in [-0.15, -0.1) is 0 Å². The number of nitrogens with two attached hydrogens (primary N) is 1. The molecule has 0 unspecified atom stereocenters. The molecule has 0 radical (unpaired) electrons. The van der Waals surface area contributed by atoms with Gasteiger partial charge < -0.3 is 10.5 Å². The molecule has 0 aromatic rings. The van der Waals surface area contributed by atoms with E-state index in [0.717, 1.165) is 25.7 Å². The average Bonchev–Trinajstić information content (AvgIpc) is 2.52. The summed E-state index contributed by atoms with van der Waals surface area (Å²) >= 11 is 5.05. The normalized spacial score (nSPS) is 18.8. The van der Waals surface area contributed by atoms with Gasteiger partial charge in [0.25, 0.3) is 0 Å². The fourth-order valence-electron chi connectivity index (χ4n) is 2.36. The third-order valence-corrected chi connectivity index (χ3v) is 4.80. The van der Waals surface area contributed by atoms with Crippen LogP contribution in [0.5, 0.6) is 0 Å². The number of nitrogens with one attached hydrogen (secondary N) is 2. The monoisotopic (exact) mass is 337 g/mol. The fraction of sp³-hybridized carbons (Fsp3) is 0.833. The zero-order valence-corrected chi connectivity index (χ0v) is 14.0. The van der Waals surface area contributed by atoms with E-state index in [4.69, 9.17) is 22.7 Å². The van der Waals surface area contributed by atoms with Crippen molar-refractivity contribution in [2.24, 2.45) is 5.73 Å². The minimum Gasteiger partial charge on any atom is -0.446 e. The van der Waals surface area contributed by atoms with Gasteiger partial charge in [0.05, 0.1) is 16.6 Å². The van der Waals surface area contributed by atoms with Crippen molar-refractivity contribution in [2.45, 2.75) is 64.0 Å². The van der Waals surface area contributed by atoms with Crippen molar-refractivity contribution in [3.05, 3.63) is 0 Å². The Kier molecular flexibility index (Phi) is 6.36. The van der Waals surface area contributed by atoms with Crippen molar-refractivity contribution in [3.8, 4) is 0 Å². The number of thiocarbonyl (C=S) groups is 1. The highest BCUT2D eigenvalue weighted by atomic mass is 32.2. The van der Waals surface area contributed by atoms with E-state index in [0.29, 0.717) is 12.8 Å². The highest BCUT2D eigenvalue weighted by Crippen LogP contribution is 2.28. The van der Waals surface area contributed by atoms with E-state index in [-0.39, 0.29) is 4.99 Å². The number of amides is 1. The molecule has 7 nitrogen and oxygen atoms in total. The van der Waals surface area contributed by atoms with Gasteiger partial charge >= 0.3 is 16.3 Å². The van der Waals surface area contributed by atoms with Crippen LogP contribution in [0.2, 0.25) is 0 Å². The topological polar surface area (TPSA) is 111 Å². The minimum absolute atomic E-state index is 0.104. The van der Waals surface area contributed by atoms with Crippen molar-refractivity contribution in [1.82, 2.24) is 9.44 Å². The molecule has 1 aliphatic carbocycles. The molecule has 1 amide bonds. The molecule has 0 aliphatic heterocycles. The van der Waals surface area contributed by atoms with Gasteiger partial charge in [0.15, 0.2) is 0 Å². The number of carbonyl (C=O) groups is 1. The molecule has 1 aliphatic rings. The van der Waals surface area contributed by atoms with Crippen molar-refractivity contribution >= 4 is 33.5 Å². The lowest BCUT2D eigenvalue weighted by molar-refractivity contribution is 0.121. The van der Waals surface area contributed by atoms with Gasteiger partial charge in [-0.1, -0.05) is 37.9 Å². The highest BCUT2D eigenvalue weighted by Gasteiger charge is 2.38. The van der Waals surface area contributed by atoms with Crippen LogP contribution in [-0.2, 0) is 14.9 Å². The summed E-state index contributed by atoms with van der Waals surface area (Å²) in [4.78, 5) is 11.5. The first-order valence-electron chi connectivity index (χ1n) is 6.99. The largest absolute Gasteiger partial charge is 0.446 e. The maximum atomic E-state index is 12.1. The number of ether oxygens (including phenoxy) is 1. The first-order valence-corrected chi connectivity index (χ1v) is 8.88. The van der Waals surface area contributed by atoms with Crippen LogP contribution in [0.25, 0.3) is 0 Å². The van der Waals surface area contributed by atoms with E-state index in [1.165, 1.54) is 0 Å². The summed E-state index contributed by atoms with van der Waals surface area (Å²) in [5.74, 6) is 0. The first kappa shape index (κ1) is 18.1. The van der Waals surface area contributed by atoms with Crippen LogP contribution < -0.4 is 15.2 Å². The molecule has 1 rings (SSSR count). The van der Waals surface area contributed by atoms with Gasteiger partial charge in [0.1, 0.15) is 0 Å². The van der Waals surface area contributed by atoms with Gasteiger partial charge in [0, 0.05) is 0 Å². The molecule has 21 heavy (non-hydrogen) atoms. The molecule has 1 fully saturated rings. The van der Waals surface area contributed by atoms with Crippen molar-refractivity contribution in [3.63, 3.8) is 0 Å². The second-order valence-corrected chi connectivity index (χ2v) is 7.38. The Morgan fingerprint density at radius 2 is 1.76 bits per heavy atom. The van der Waals surface area contributed by atoms with Crippen LogP contribution in [0.3, 0.4) is 0 Å². The summed E-state index contributed by atoms with van der Waals surface area (Å²) < 4.78 is 33.2. The predicted octanol–water partition coefficient (Wildman–Crippen LogP) is 1.33. The van der Waals surface area contributed by atoms with E-state index >= 15 is 0 Å². The standard InChI is InChI=1S/C12H23N3O4S2/c1-9(2)19-11(16)14-21(17,18)15-12(10(13)20)7-5-3-4-6-8-12/h9,15H,3-8H2,1-2H3,(H2,13,20)(H,14,16). The highest BCUT2D eigenvalue weighted by molar-refractivity contribution is 7.88. The summed E-state index contributed by atoms with van der Waals surface area (Å²) in [5, 5.41) is 0. The lowest BCUT2D eigenvalue weighted by Gasteiger charge is -2.32. The average molecular weight is 337 g/mol. The van der Waals surface area contributed by atoms with Crippen molar-refractivity contribution in [1.29, 1.82) is 0 Å². The van der Waals surface area contributed by atoms with E-state index < -0.39 is 27.9 Å². The molecule has 0 aromatic heterocycles. The van der Waals surface area contributed by atoms with Crippen LogP contribution in [0, 0.1) is 0 Å². The third kappa shape index (κ3) is 5.76. The number of hydrogen-bond acceptors (Lipinski definition) is 5. The summed E-state index contributed by atoms with van der Waals surface area (Å²) in [7, 11) is -4.09. The Labute approximate surface area is 131 Å². The Morgan fingerprint density at radius 3 is 2.19 bits per heavy atom. The van der Waals surface area contributed by atoms with Gasteiger partial charge in [-0.05, 0) is 26.7 Å². The van der Waals surface area contributed by atoms with Crippen LogP contribution in [0.1, 0.15) is 52.4 Å². The summed E-state index contributed by atoms with van der Waals surface area (Å²) in [6, 6.07) is 0. The molecular weight excluding hydrogens is 314 g/mol. The summed E-state index contributed by atoms with van der Waals surface area (Å²) in [6.45, 7) is 3.25. The smallest absolute Gasteiger partial charge is 0.422 e. The molecular formula is C12H23N3O4S2. The molecule has 0 heterocycles. The zero-order valence-electron chi connectivity index (χ0n) is 12.3. The maximum Gasteiger partial charge on any atom is 0.422 e. The molecule has 4 N–H and O–H groups in total. The Balaban J connectivity index is 2.82. The predicted molar refractivity (Wildman–Crippen MR) is 84.0 cm³/mol. The summed E-state index contributed by atoms with van der Waals surface area (Å²) in [6.07, 6.45) is 3.30. The number of carbonyl (C=O) groups excluding carboxylic acids is 1. The minimum atomic E-state index is -4.09. The molecule has 0 aromatic carbocycles. The molecule has 0 spiro atoms. The summed E-state index contributed by atoms with van der Waals surface area (Å²) in [5.41, 5.74) is 4.77. The fourth-order valence-corrected chi connectivity index (χ4v) is 3.83. The second-order valence-electron chi connectivity index (χ2n) is 5.52. The van der Waals surface area contributed by atoms with Crippen LogP contribution >= 0.6 is 12.2 Å². The molecule has 0 bridgehead atoms. The SMILES string of the molecule is CC(C)OC(=O)NS(=O)(=O)NC1(C(N)=S)CCCCCC1. The van der Waals surface area contributed by atoms with E-state index in [1.54, 1.807) is 13.8 Å². The maximum absolute atomic E-state index is 12.1. The van der Waals surface area contributed by atoms with Crippen LogP contribution in [-0.4, -0.2) is 31.1 Å². The molecule has 9 heteroatoms. The lowest BCUT2D eigenvalue weighted by atomic mass is 9.91. The Hall–Kier alpha value is -0.930.